The van der Waals surface area contributed by atoms with Crippen LogP contribution in [-0.4, -0.2) is 4.98 Å². The zero-order valence-electron chi connectivity index (χ0n) is 18.9. The fourth-order valence-electron chi connectivity index (χ4n) is 5.28. The van der Waals surface area contributed by atoms with Gasteiger partial charge in [0.2, 0.25) is 0 Å². The number of aromatic nitrogens is 1. The first-order chi connectivity index (χ1) is 17.3. The van der Waals surface area contributed by atoms with E-state index in [4.69, 9.17) is 16.6 Å². The zero-order valence-corrected chi connectivity index (χ0v) is 19.6. The van der Waals surface area contributed by atoms with Gasteiger partial charge < -0.3 is 0 Å². The van der Waals surface area contributed by atoms with Gasteiger partial charge in [0.15, 0.2) is 0 Å². The molecule has 7 aromatic rings. The van der Waals surface area contributed by atoms with Crippen LogP contribution in [0.15, 0.2) is 121 Å². The molecule has 0 aliphatic rings. The van der Waals surface area contributed by atoms with Crippen LogP contribution >= 0.6 is 11.6 Å². The summed E-state index contributed by atoms with van der Waals surface area (Å²) in [5, 5.41) is 8.80. The fraction of sp³-hybridized carbons (Fsp3) is 0. The summed E-state index contributed by atoms with van der Waals surface area (Å²) in [4.78, 5) is 5.20. The molecule has 6 aromatic carbocycles. The Morgan fingerprint density at radius 1 is 0.429 bits per heavy atom. The van der Waals surface area contributed by atoms with Crippen LogP contribution in [0.1, 0.15) is 0 Å². The Morgan fingerprint density at radius 2 is 0.971 bits per heavy atom. The minimum atomic E-state index is 0.713. The number of nitrogens with zero attached hydrogens (tertiary/aromatic N) is 1. The summed E-state index contributed by atoms with van der Waals surface area (Å²) in [5.41, 5.74) is 5.29. The van der Waals surface area contributed by atoms with E-state index in [-0.39, 0.29) is 0 Å². The maximum atomic E-state index is 7.00. The molecule has 0 saturated heterocycles. The lowest BCUT2D eigenvalue weighted by atomic mass is 9.92. The highest BCUT2D eigenvalue weighted by atomic mass is 35.5. The normalized spacial score (nSPS) is 11.6. The first-order valence-corrected chi connectivity index (χ1v) is 12.1. The first-order valence-electron chi connectivity index (χ1n) is 11.8. The topological polar surface area (TPSA) is 12.9 Å². The van der Waals surface area contributed by atoms with E-state index in [1.165, 1.54) is 38.1 Å². The first kappa shape index (κ1) is 20.2. The van der Waals surface area contributed by atoms with E-state index < -0.39 is 0 Å². The molecule has 0 bridgehead atoms. The molecule has 0 fully saturated rings. The van der Waals surface area contributed by atoms with Gasteiger partial charge >= 0.3 is 0 Å². The van der Waals surface area contributed by atoms with Gasteiger partial charge in [0, 0.05) is 16.3 Å². The van der Waals surface area contributed by atoms with Crippen molar-refractivity contribution in [2.45, 2.75) is 0 Å². The van der Waals surface area contributed by atoms with Crippen LogP contribution < -0.4 is 0 Å². The average molecular weight is 466 g/mol. The second-order valence-corrected chi connectivity index (χ2v) is 9.32. The molecular weight excluding hydrogens is 446 g/mol. The van der Waals surface area contributed by atoms with Gasteiger partial charge in [-0.3, -0.25) is 0 Å². The Morgan fingerprint density at radius 3 is 1.69 bits per heavy atom. The molecule has 0 spiro atoms. The molecule has 0 saturated carbocycles. The maximum Gasteiger partial charge on any atom is 0.0803 e. The number of fused-ring (bicyclic) bond motifs is 5. The molecule has 35 heavy (non-hydrogen) atoms. The van der Waals surface area contributed by atoms with Gasteiger partial charge in [0.25, 0.3) is 0 Å². The van der Waals surface area contributed by atoms with Crippen molar-refractivity contribution in [3.05, 3.63) is 126 Å². The summed E-state index contributed by atoms with van der Waals surface area (Å²) >= 11 is 7.00. The lowest BCUT2D eigenvalue weighted by Crippen LogP contribution is -1.92. The highest BCUT2D eigenvalue weighted by molar-refractivity contribution is 6.37. The van der Waals surface area contributed by atoms with Crippen molar-refractivity contribution < 1.29 is 0 Å². The minimum Gasteiger partial charge on any atom is -0.247 e. The van der Waals surface area contributed by atoms with E-state index in [2.05, 4.69) is 115 Å². The molecule has 0 aliphatic carbocycles. The molecule has 2 heteroatoms. The van der Waals surface area contributed by atoms with E-state index in [9.17, 15) is 0 Å². The number of hydrogen-bond acceptors (Lipinski definition) is 1. The Balaban J connectivity index is 1.56. The van der Waals surface area contributed by atoms with Gasteiger partial charge in [0.1, 0.15) is 0 Å². The number of halogens is 1. The van der Waals surface area contributed by atoms with Gasteiger partial charge in [-0.1, -0.05) is 121 Å². The highest BCUT2D eigenvalue weighted by Crippen LogP contribution is 2.41. The van der Waals surface area contributed by atoms with E-state index in [1.807, 2.05) is 6.07 Å². The van der Waals surface area contributed by atoms with Crippen LogP contribution in [0, 0.1) is 0 Å². The van der Waals surface area contributed by atoms with Gasteiger partial charge in [-0.25, -0.2) is 4.98 Å². The SMILES string of the molecule is Clc1cc(-c2cccc3ccccc23)nc2c1cc(-c1cccc3ccccc13)c1ccccc12. The third kappa shape index (κ3) is 3.20. The molecule has 1 heterocycles. The quantitative estimate of drug-likeness (QED) is 0.231. The van der Waals surface area contributed by atoms with Gasteiger partial charge in [-0.05, 0) is 50.2 Å². The van der Waals surface area contributed by atoms with Crippen LogP contribution in [0.3, 0.4) is 0 Å². The minimum absolute atomic E-state index is 0.713. The molecule has 0 atom stereocenters. The molecule has 0 aliphatic heterocycles. The van der Waals surface area contributed by atoms with Crippen molar-refractivity contribution in [1.82, 2.24) is 4.98 Å². The zero-order chi connectivity index (χ0) is 23.4. The van der Waals surface area contributed by atoms with Crippen LogP contribution in [0.5, 0.6) is 0 Å². The average Bonchev–Trinajstić information content (AvgIpc) is 2.92. The van der Waals surface area contributed by atoms with Crippen molar-refractivity contribution >= 4 is 54.8 Å². The summed E-state index contributed by atoms with van der Waals surface area (Å²) in [5.74, 6) is 0. The summed E-state index contributed by atoms with van der Waals surface area (Å²) in [7, 11) is 0. The van der Waals surface area contributed by atoms with Crippen molar-refractivity contribution in [3.8, 4) is 22.4 Å². The molecule has 1 nitrogen and oxygen atoms in total. The predicted octanol–water partition coefficient (Wildman–Crippen LogP) is 9.68. The molecule has 0 radical (unpaired) electrons. The number of pyridine rings is 1. The fourth-order valence-corrected chi connectivity index (χ4v) is 5.53. The summed E-state index contributed by atoms with van der Waals surface area (Å²) in [6.07, 6.45) is 0. The van der Waals surface area contributed by atoms with E-state index in [1.54, 1.807) is 0 Å². The molecule has 0 N–H and O–H groups in total. The molecule has 1 aromatic heterocycles. The monoisotopic (exact) mass is 465 g/mol. The van der Waals surface area contributed by atoms with E-state index in [0.717, 1.165) is 27.5 Å². The third-order valence-electron chi connectivity index (χ3n) is 6.91. The standard InChI is InChI=1S/C33H20ClN/c34-31-20-32(27-18-8-12-22-10-2-4-14-24(22)27)35-33-28-16-6-5-15-26(28)29(19-30(31)33)25-17-7-11-21-9-1-3-13-23(21)25/h1-20H. The van der Waals surface area contributed by atoms with E-state index >= 15 is 0 Å². The van der Waals surface area contributed by atoms with Crippen LogP contribution in [0.25, 0.3) is 65.6 Å². The maximum absolute atomic E-state index is 7.00. The highest BCUT2D eigenvalue weighted by Gasteiger charge is 2.16. The lowest BCUT2D eigenvalue weighted by Gasteiger charge is -2.15. The second-order valence-electron chi connectivity index (χ2n) is 8.91. The third-order valence-corrected chi connectivity index (χ3v) is 7.23. The van der Waals surface area contributed by atoms with Crippen LogP contribution in [0.2, 0.25) is 5.02 Å². The van der Waals surface area contributed by atoms with E-state index in [0.29, 0.717) is 5.02 Å². The van der Waals surface area contributed by atoms with Crippen molar-refractivity contribution in [2.24, 2.45) is 0 Å². The smallest absolute Gasteiger partial charge is 0.0803 e. The lowest BCUT2D eigenvalue weighted by molar-refractivity contribution is 1.42. The molecule has 7 rings (SSSR count). The van der Waals surface area contributed by atoms with Gasteiger partial charge in [-0.15, -0.1) is 0 Å². The Hall–Kier alpha value is -4.20. The molecule has 164 valence electrons. The molecule has 0 amide bonds. The Bertz CT molecular complexity index is 1910. The molecular formula is C33H20ClN. The summed E-state index contributed by atoms with van der Waals surface area (Å²) in [6, 6.07) is 42.5. The van der Waals surface area contributed by atoms with Crippen molar-refractivity contribution in [1.29, 1.82) is 0 Å². The summed E-state index contributed by atoms with van der Waals surface area (Å²) in [6.45, 7) is 0. The Labute approximate surface area is 208 Å². The number of hydrogen-bond donors (Lipinski definition) is 0. The van der Waals surface area contributed by atoms with Crippen molar-refractivity contribution in [3.63, 3.8) is 0 Å². The van der Waals surface area contributed by atoms with Gasteiger partial charge in [-0.2, -0.15) is 0 Å². The predicted molar refractivity (Wildman–Crippen MR) is 150 cm³/mol. The molecule has 0 unspecified atom stereocenters. The Kier molecular flexibility index (Phi) is 4.58. The second kappa shape index (κ2) is 7.94. The van der Waals surface area contributed by atoms with Crippen LogP contribution in [-0.2, 0) is 0 Å². The van der Waals surface area contributed by atoms with Crippen molar-refractivity contribution in [2.75, 3.05) is 0 Å². The van der Waals surface area contributed by atoms with Gasteiger partial charge in [0.05, 0.1) is 16.2 Å². The summed E-state index contributed by atoms with van der Waals surface area (Å²) < 4.78 is 0. The van der Waals surface area contributed by atoms with Crippen LogP contribution in [0.4, 0.5) is 0 Å². The number of benzene rings is 6. The largest absolute Gasteiger partial charge is 0.247 e. The number of rotatable bonds is 2.